The van der Waals surface area contributed by atoms with Gasteiger partial charge in [-0.3, -0.25) is 9.59 Å². The molecule has 0 spiro atoms. The molecule has 0 bridgehead atoms. The number of hydrogen-bond acceptors (Lipinski definition) is 9. The number of fused-ring (bicyclic) bond motifs is 1. The molecule has 9 nitrogen and oxygen atoms in total. The Morgan fingerprint density at radius 1 is 1.06 bits per heavy atom. The molecular weight excluding hydrogens is 444 g/mol. The van der Waals surface area contributed by atoms with Gasteiger partial charge in [0.1, 0.15) is 16.7 Å². The van der Waals surface area contributed by atoms with Crippen LogP contribution in [-0.2, 0) is 16.0 Å². The Kier molecular flexibility index (Phi) is 7.55. The van der Waals surface area contributed by atoms with Crippen LogP contribution in [0.1, 0.15) is 25.8 Å². The lowest BCUT2D eigenvalue weighted by molar-refractivity contribution is -0.142. The third-order valence-electron chi connectivity index (χ3n) is 5.48. The van der Waals surface area contributed by atoms with E-state index in [4.69, 9.17) is 23.4 Å². The highest BCUT2D eigenvalue weighted by molar-refractivity contribution is 5.91. The van der Waals surface area contributed by atoms with Crippen LogP contribution in [0.3, 0.4) is 0 Å². The first-order chi connectivity index (χ1) is 16.2. The third-order valence-corrected chi connectivity index (χ3v) is 5.48. The number of aryl methyl sites for hydroxylation is 1. The smallest absolute Gasteiger partial charge is 0.302 e. The largest absolute Gasteiger partial charge is 0.504 e. The van der Waals surface area contributed by atoms with Gasteiger partial charge in [0.2, 0.25) is 16.9 Å². The summed E-state index contributed by atoms with van der Waals surface area (Å²) >= 11 is 0. The number of phenolic OH excluding ortho intramolecular Hbond substituents is 2. The van der Waals surface area contributed by atoms with Gasteiger partial charge in [0, 0.05) is 18.6 Å². The standard InChI is InChI=1S/C25H28O9/c1-13(12-33-14(2)26)6-7-15-10-16(8-9-18(15)30-3)23-25(32-5)22(29)20-19(34-23)11-17(27)24(31-4)21(20)28/h8-11,13,27-28H,6-7,12H2,1-5H3. The Hall–Kier alpha value is -3.88. The molecule has 1 atom stereocenters. The van der Waals surface area contributed by atoms with Crippen LogP contribution >= 0.6 is 0 Å². The van der Waals surface area contributed by atoms with Gasteiger partial charge >= 0.3 is 5.97 Å². The van der Waals surface area contributed by atoms with Crippen LogP contribution in [0.2, 0.25) is 0 Å². The number of carbonyl (C=O) groups is 1. The van der Waals surface area contributed by atoms with Crippen molar-refractivity contribution in [3.8, 4) is 40.1 Å². The Morgan fingerprint density at radius 2 is 1.76 bits per heavy atom. The van der Waals surface area contributed by atoms with Crippen LogP contribution in [0.15, 0.2) is 33.5 Å². The molecule has 1 unspecified atom stereocenters. The zero-order valence-corrected chi connectivity index (χ0v) is 19.8. The summed E-state index contributed by atoms with van der Waals surface area (Å²) in [4.78, 5) is 24.2. The molecule has 0 aliphatic carbocycles. The van der Waals surface area contributed by atoms with E-state index < -0.39 is 11.2 Å². The average molecular weight is 472 g/mol. The van der Waals surface area contributed by atoms with Crippen LogP contribution in [0.4, 0.5) is 0 Å². The molecule has 0 amide bonds. The first-order valence-corrected chi connectivity index (χ1v) is 10.7. The van der Waals surface area contributed by atoms with Crippen LogP contribution in [0, 0.1) is 5.92 Å². The van der Waals surface area contributed by atoms with Crippen molar-refractivity contribution in [2.24, 2.45) is 5.92 Å². The van der Waals surface area contributed by atoms with E-state index in [9.17, 15) is 19.8 Å². The van der Waals surface area contributed by atoms with Gasteiger partial charge in [-0.05, 0) is 42.5 Å². The first kappa shape index (κ1) is 24.8. The van der Waals surface area contributed by atoms with E-state index in [1.807, 2.05) is 13.0 Å². The fourth-order valence-corrected chi connectivity index (χ4v) is 3.72. The van der Waals surface area contributed by atoms with Crippen LogP contribution < -0.4 is 19.6 Å². The number of hydrogen-bond donors (Lipinski definition) is 2. The molecule has 0 aliphatic rings. The molecule has 0 radical (unpaired) electrons. The predicted molar refractivity (Wildman–Crippen MR) is 125 cm³/mol. The zero-order chi connectivity index (χ0) is 25.0. The van der Waals surface area contributed by atoms with Crippen molar-refractivity contribution < 1.29 is 38.4 Å². The number of methoxy groups -OCH3 is 3. The normalized spacial score (nSPS) is 11.8. The van der Waals surface area contributed by atoms with E-state index >= 15 is 0 Å². The highest BCUT2D eigenvalue weighted by Gasteiger charge is 2.24. The maximum Gasteiger partial charge on any atom is 0.302 e. The summed E-state index contributed by atoms with van der Waals surface area (Å²) in [6, 6.07) is 6.51. The number of rotatable bonds is 9. The van der Waals surface area contributed by atoms with Crippen molar-refractivity contribution in [2.45, 2.75) is 26.7 Å². The molecule has 182 valence electrons. The maximum absolute atomic E-state index is 13.2. The summed E-state index contributed by atoms with van der Waals surface area (Å²) < 4.78 is 26.8. The molecule has 3 rings (SSSR count). The van der Waals surface area contributed by atoms with E-state index in [0.29, 0.717) is 24.3 Å². The number of esters is 1. The summed E-state index contributed by atoms with van der Waals surface area (Å²) in [5.41, 5.74) is 0.778. The minimum Gasteiger partial charge on any atom is -0.504 e. The number of benzene rings is 2. The molecule has 1 aromatic heterocycles. The zero-order valence-electron chi connectivity index (χ0n) is 19.8. The second-order valence-electron chi connectivity index (χ2n) is 7.92. The second-order valence-corrected chi connectivity index (χ2v) is 7.92. The SMILES string of the molecule is COc1ccc(-c2oc3cc(O)c(OC)c(O)c3c(=O)c2OC)cc1CCC(C)COC(C)=O. The lowest BCUT2D eigenvalue weighted by atomic mass is 9.98. The monoisotopic (exact) mass is 472 g/mol. The van der Waals surface area contributed by atoms with Crippen LogP contribution in [-0.4, -0.2) is 44.1 Å². The first-order valence-electron chi connectivity index (χ1n) is 10.7. The highest BCUT2D eigenvalue weighted by atomic mass is 16.5. The van der Waals surface area contributed by atoms with Gasteiger partial charge in [-0.2, -0.15) is 0 Å². The molecule has 9 heteroatoms. The lowest BCUT2D eigenvalue weighted by Crippen LogP contribution is -2.10. The minimum atomic E-state index is -0.609. The molecular formula is C25H28O9. The minimum absolute atomic E-state index is 0.0241. The quantitative estimate of drug-likeness (QED) is 0.444. The Balaban J connectivity index is 2.07. The van der Waals surface area contributed by atoms with Crippen LogP contribution in [0.5, 0.6) is 28.7 Å². The van der Waals surface area contributed by atoms with Gasteiger partial charge in [0.25, 0.3) is 0 Å². The molecule has 2 aromatic carbocycles. The van der Waals surface area contributed by atoms with Crippen molar-refractivity contribution >= 4 is 16.9 Å². The Labute approximate surface area is 196 Å². The lowest BCUT2D eigenvalue weighted by Gasteiger charge is -2.15. The van der Waals surface area contributed by atoms with Gasteiger partial charge in [0.15, 0.2) is 17.3 Å². The van der Waals surface area contributed by atoms with Gasteiger partial charge in [0.05, 0.1) is 27.9 Å². The molecule has 0 saturated heterocycles. The van der Waals surface area contributed by atoms with Crippen molar-refractivity contribution in [1.82, 2.24) is 0 Å². The summed E-state index contributed by atoms with van der Waals surface area (Å²) in [5.74, 6) is -0.631. The van der Waals surface area contributed by atoms with E-state index in [-0.39, 0.29) is 45.9 Å². The maximum atomic E-state index is 13.2. The Morgan fingerprint density at radius 3 is 2.38 bits per heavy atom. The predicted octanol–water partition coefficient (Wildman–Crippen LogP) is 4.03. The van der Waals surface area contributed by atoms with Gasteiger partial charge < -0.3 is 33.6 Å². The summed E-state index contributed by atoms with van der Waals surface area (Å²) in [6.07, 6.45) is 1.35. The summed E-state index contributed by atoms with van der Waals surface area (Å²) in [5, 5.41) is 20.4. The van der Waals surface area contributed by atoms with Crippen LogP contribution in [0.25, 0.3) is 22.3 Å². The van der Waals surface area contributed by atoms with Crippen molar-refractivity contribution in [2.75, 3.05) is 27.9 Å². The van der Waals surface area contributed by atoms with E-state index in [0.717, 1.165) is 12.0 Å². The third kappa shape index (κ3) is 4.88. The molecule has 1 heterocycles. The molecule has 34 heavy (non-hydrogen) atoms. The fourth-order valence-electron chi connectivity index (χ4n) is 3.72. The van der Waals surface area contributed by atoms with Crippen molar-refractivity contribution in [1.29, 1.82) is 0 Å². The van der Waals surface area contributed by atoms with E-state index in [1.54, 1.807) is 19.2 Å². The number of ether oxygens (including phenoxy) is 4. The van der Waals surface area contributed by atoms with E-state index in [2.05, 4.69) is 0 Å². The molecule has 0 aliphatic heterocycles. The van der Waals surface area contributed by atoms with Crippen molar-refractivity contribution in [3.63, 3.8) is 0 Å². The van der Waals surface area contributed by atoms with E-state index in [1.165, 1.54) is 27.2 Å². The van der Waals surface area contributed by atoms with Gasteiger partial charge in [-0.1, -0.05) is 6.92 Å². The second kappa shape index (κ2) is 10.4. The van der Waals surface area contributed by atoms with Gasteiger partial charge in [-0.15, -0.1) is 0 Å². The number of carbonyl (C=O) groups excluding carboxylic acids is 1. The number of aromatic hydroxyl groups is 2. The number of phenols is 2. The summed E-state index contributed by atoms with van der Waals surface area (Å²) in [6.45, 7) is 3.68. The average Bonchev–Trinajstić information content (AvgIpc) is 2.80. The Bertz CT molecular complexity index is 1260. The molecule has 3 aromatic rings. The molecule has 0 fully saturated rings. The summed E-state index contributed by atoms with van der Waals surface area (Å²) in [7, 11) is 4.16. The topological polar surface area (TPSA) is 125 Å². The highest BCUT2D eigenvalue weighted by Crippen LogP contribution is 2.43. The van der Waals surface area contributed by atoms with Crippen molar-refractivity contribution in [3.05, 3.63) is 40.1 Å². The fraction of sp³-hybridized carbons (Fsp3) is 0.360. The van der Waals surface area contributed by atoms with Gasteiger partial charge in [-0.25, -0.2) is 0 Å². The molecule has 2 N–H and O–H groups in total. The molecule has 0 saturated carbocycles.